The average Bonchev–Trinajstić information content (AvgIpc) is 2.52. The van der Waals surface area contributed by atoms with Crippen LogP contribution in [0.2, 0.25) is 0 Å². The highest BCUT2D eigenvalue weighted by Gasteiger charge is 2.38. The number of hydrogen-bond donors (Lipinski definition) is 4. The Morgan fingerprint density at radius 3 is 1.36 bits per heavy atom. The summed E-state index contributed by atoms with van der Waals surface area (Å²) in [7, 11) is 0. The molecule has 0 spiro atoms. The van der Waals surface area contributed by atoms with E-state index in [1.54, 1.807) is 0 Å². The zero-order valence-electron chi connectivity index (χ0n) is 13.0. The molecule has 8 heteroatoms. The first-order chi connectivity index (χ1) is 10.4. The normalized spacial score (nSPS) is 16.5. The summed E-state index contributed by atoms with van der Waals surface area (Å²) < 4.78 is 9.35. The summed E-state index contributed by atoms with van der Waals surface area (Å²) in [6.45, 7) is 3.89. The Bertz CT molecular complexity index is 301. The van der Waals surface area contributed by atoms with E-state index < -0.39 is 36.4 Å². The molecule has 0 aromatic carbocycles. The van der Waals surface area contributed by atoms with E-state index in [-0.39, 0.29) is 13.2 Å². The van der Waals surface area contributed by atoms with Crippen molar-refractivity contribution in [2.24, 2.45) is 0 Å². The second kappa shape index (κ2) is 11.4. The number of unbranched alkanes of at least 4 members (excludes halogenated alkanes) is 2. The summed E-state index contributed by atoms with van der Waals surface area (Å²) in [5.41, 5.74) is 0. The van der Waals surface area contributed by atoms with Gasteiger partial charge in [0.05, 0.1) is 13.2 Å². The molecular weight excluding hydrogens is 296 g/mol. The first-order valence-corrected chi connectivity index (χ1v) is 7.42. The third-order valence-electron chi connectivity index (χ3n) is 2.96. The van der Waals surface area contributed by atoms with Gasteiger partial charge in [-0.25, -0.2) is 9.59 Å². The largest absolute Gasteiger partial charge is 0.464 e. The summed E-state index contributed by atoms with van der Waals surface area (Å²) in [6, 6.07) is 0. The van der Waals surface area contributed by atoms with Gasteiger partial charge in [-0.1, -0.05) is 26.7 Å². The van der Waals surface area contributed by atoms with E-state index in [0.717, 1.165) is 12.8 Å². The van der Waals surface area contributed by atoms with E-state index in [1.165, 1.54) is 0 Å². The van der Waals surface area contributed by atoms with E-state index in [9.17, 15) is 30.0 Å². The predicted octanol–water partition coefficient (Wildman–Crippen LogP) is -0.883. The summed E-state index contributed by atoms with van der Waals surface area (Å²) in [6.07, 6.45) is -5.54. The van der Waals surface area contributed by atoms with Crippen LogP contribution in [-0.4, -0.2) is 70.0 Å². The van der Waals surface area contributed by atoms with Crippen molar-refractivity contribution in [2.75, 3.05) is 13.2 Å². The fraction of sp³-hybridized carbons (Fsp3) is 0.857. The van der Waals surface area contributed by atoms with Gasteiger partial charge >= 0.3 is 11.9 Å². The predicted molar refractivity (Wildman–Crippen MR) is 75.8 cm³/mol. The molecule has 0 fully saturated rings. The minimum atomic E-state index is -2.07. The minimum Gasteiger partial charge on any atom is -0.464 e. The molecule has 0 heterocycles. The van der Waals surface area contributed by atoms with Gasteiger partial charge in [-0.2, -0.15) is 0 Å². The van der Waals surface area contributed by atoms with Crippen LogP contribution in [-0.2, 0) is 19.1 Å². The van der Waals surface area contributed by atoms with E-state index in [2.05, 4.69) is 9.47 Å². The van der Waals surface area contributed by atoms with Gasteiger partial charge in [-0.05, 0) is 12.8 Å². The van der Waals surface area contributed by atoms with Crippen LogP contribution in [0.15, 0.2) is 0 Å². The van der Waals surface area contributed by atoms with Crippen molar-refractivity contribution in [3.05, 3.63) is 0 Å². The maximum absolute atomic E-state index is 11.4. The molecule has 4 N–H and O–H groups in total. The first kappa shape index (κ1) is 20.8. The molecular formula is C14H26O8. The summed E-state index contributed by atoms with van der Waals surface area (Å²) in [5.74, 6) is -2.27. The van der Waals surface area contributed by atoms with E-state index in [0.29, 0.717) is 12.8 Å². The summed E-state index contributed by atoms with van der Waals surface area (Å²) in [5, 5.41) is 38.4. The number of aliphatic hydroxyl groups is 4. The van der Waals surface area contributed by atoms with Crippen molar-refractivity contribution in [1.82, 2.24) is 0 Å². The van der Waals surface area contributed by atoms with Crippen LogP contribution in [0.25, 0.3) is 0 Å². The molecule has 0 amide bonds. The van der Waals surface area contributed by atoms with Gasteiger partial charge in [-0.15, -0.1) is 0 Å². The average molecular weight is 322 g/mol. The maximum Gasteiger partial charge on any atom is 0.337 e. The Morgan fingerprint density at radius 1 is 0.773 bits per heavy atom. The quantitative estimate of drug-likeness (QED) is 0.284. The summed E-state index contributed by atoms with van der Waals surface area (Å²) in [4.78, 5) is 22.9. The Labute approximate surface area is 129 Å². The van der Waals surface area contributed by atoms with Crippen molar-refractivity contribution in [3.63, 3.8) is 0 Å². The highest BCUT2D eigenvalue weighted by atomic mass is 16.6. The van der Waals surface area contributed by atoms with Crippen LogP contribution >= 0.6 is 0 Å². The van der Waals surface area contributed by atoms with Gasteiger partial charge < -0.3 is 29.9 Å². The molecule has 8 nitrogen and oxygen atoms in total. The van der Waals surface area contributed by atoms with Crippen LogP contribution in [0.3, 0.4) is 0 Å². The smallest absolute Gasteiger partial charge is 0.337 e. The van der Waals surface area contributed by atoms with Crippen LogP contribution in [0.5, 0.6) is 0 Å². The number of carbonyl (C=O) groups excluding carboxylic acids is 2. The van der Waals surface area contributed by atoms with Gasteiger partial charge in [0.25, 0.3) is 0 Å². The van der Waals surface area contributed by atoms with Crippen LogP contribution < -0.4 is 0 Å². The van der Waals surface area contributed by atoms with E-state index in [1.807, 2.05) is 13.8 Å². The zero-order chi connectivity index (χ0) is 17.1. The number of carbonyl (C=O) groups is 2. The molecule has 0 aliphatic heterocycles. The molecule has 130 valence electrons. The maximum atomic E-state index is 11.4. The lowest BCUT2D eigenvalue weighted by Crippen LogP contribution is -2.50. The zero-order valence-corrected chi connectivity index (χ0v) is 13.0. The van der Waals surface area contributed by atoms with Gasteiger partial charge in [0, 0.05) is 0 Å². The first-order valence-electron chi connectivity index (χ1n) is 7.42. The number of esters is 2. The molecule has 0 aliphatic carbocycles. The van der Waals surface area contributed by atoms with Gasteiger partial charge in [0.1, 0.15) is 12.2 Å². The van der Waals surface area contributed by atoms with E-state index >= 15 is 0 Å². The fourth-order valence-corrected chi connectivity index (χ4v) is 1.46. The third kappa shape index (κ3) is 7.17. The van der Waals surface area contributed by atoms with Crippen molar-refractivity contribution in [3.8, 4) is 0 Å². The molecule has 0 rings (SSSR count). The summed E-state index contributed by atoms with van der Waals surface area (Å²) >= 11 is 0. The Balaban J connectivity index is 4.39. The van der Waals surface area contributed by atoms with Crippen molar-refractivity contribution >= 4 is 11.9 Å². The SMILES string of the molecule is CCCCOC(=O)C(O)C(O)[C@@H](O)[C@H](O)C(=O)OCCCC. The van der Waals surface area contributed by atoms with Gasteiger partial charge in [0.2, 0.25) is 0 Å². The standard InChI is InChI=1S/C14H26O8/c1-3-5-7-21-13(19)11(17)9(15)10(16)12(18)14(20)22-8-6-4-2/h9-12,15-18H,3-8H2,1-2H3/t9-,10?,11+,12?/m1/s1. The van der Waals surface area contributed by atoms with Crippen LogP contribution in [0.1, 0.15) is 39.5 Å². The fourth-order valence-electron chi connectivity index (χ4n) is 1.46. The van der Waals surface area contributed by atoms with Crippen molar-refractivity contribution < 1.29 is 39.5 Å². The molecule has 0 aliphatic rings. The molecule has 0 saturated heterocycles. The minimum absolute atomic E-state index is 0.0663. The number of rotatable bonds is 11. The van der Waals surface area contributed by atoms with Gasteiger partial charge in [-0.3, -0.25) is 0 Å². The second-order valence-electron chi connectivity index (χ2n) is 4.91. The lowest BCUT2D eigenvalue weighted by atomic mass is 10.0. The van der Waals surface area contributed by atoms with Gasteiger partial charge in [0.15, 0.2) is 12.2 Å². The molecule has 2 unspecified atom stereocenters. The number of ether oxygens (including phenoxy) is 2. The molecule has 0 aromatic rings. The lowest BCUT2D eigenvalue weighted by molar-refractivity contribution is -0.179. The molecule has 22 heavy (non-hydrogen) atoms. The van der Waals surface area contributed by atoms with E-state index in [4.69, 9.17) is 0 Å². The molecule has 0 bridgehead atoms. The molecule has 0 saturated carbocycles. The molecule has 0 radical (unpaired) electrons. The highest BCUT2D eigenvalue weighted by molar-refractivity contribution is 5.77. The third-order valence-corrected chi connectivity index (χ3v) is 2.96. The van der Waals surface area contributed by atoms with Crippen molar-refractivity contribution in [2.45, 2.75) is 63.9 Å². The molecule has 4 atom stereocenters. The Morgan fingerprint density at radius 2 is 1.09 bits per heavy atom. The Hall–Kier alpha value is -1.22. The second-order valence-corrected chi connectivity index (χ2v) is 4.91. The monoisotopic (exact) mass is 322 g/mol. The Kier molecular flexibility index (Phi) is 10.7. The topological polar surface area (TPSA) is 134 Å². The number of hydrogen-bond acceptors (Lipinski definition) is 8. The lowest BCUT2D eigenvalue weighted by Gasteiger charge is -2.24. The van der Waals surface area contributed by atoms with Crippen molar-refractivity contribution in [1.29, 1.82) is 0 Å². The van der Waals surface area contributed by atoms with Crippen LogP contribution in [0, 0.1) is 0 Å². The number of aliphatic hydroxyl groups excluding tert-OH is 4. The van der Waals surface area contributed by atoms with Crippen LogP contribution in [0.4, 0.5) is 0 Å². The highest BCUT2D eigenvalue weighted by Crippen LogP contribution is 2.09. The molecule has 0 aromatic heterocycles.